The van der Waals surface area contributed by atoms with Crippen molar-refractivity contribution in [2.45, 2.75) is 4.21 Å². The third-order valence-corrected chi connectivity index (χ3v) is 4.03. The molecule has 2 aromatic rings. The molecule has 0 saturated heterocycles. The van der Waals surface area contributed by atoms with Gasteiger partial charge in [0, 0.05) is 11.6 Å². The Morgan fingerprint density at radius 1 is 1.46 bits per heavy atom. The van der Waals surface area contributed by atoms with Gasteiger partial charge in [-0.15, -0.1) is 11.3 Å². The number of nitrogens with two attached hydrogens (primary N) is 1. The van der Waals surface area contributed by atoms with E-state index >= 15 is 0 Å². The minimum Gasteiger partial charge on any atom is -0.245 e. The van der Waals surface area contributed by atoms with Crippen molar-refractivity contribution in [2.75, 3.05) is 0 Å². The van der Waals surface area contributed by atoms with Gasteiger partial charge in [-0.2, -0.15) is 0 Å². The molecule has 0 aromatic carbocycles. The Balaban J connectivity index is 2.77. The van der Waals surface area contributed by atoms with Crippen LogP contribution in [-0.4, -0.2) is 13.4 Å². The minimum atomic E-state index is -3.59. The lowest BCUT2D eigenvalue weighted by molar-refractivity contribution is 0.600. The van der Waals surface area contributed by atoms with Gasteiger partial charge in [-0.05, 0) is 12.1 Å². The number of thiophene rings is 1. The molecule has 13 heavy (non-hydrogen) atoms. The fraction of sp³-hybridized carbons (Fsp3) is 0. The van der Waals surface area contributed by atoms with Gasteiger partial charge in [-0.3, -0.25) is 0 Å². The number of primary sulfonamides is 1. The highest BCUT2D eigenvalue weighted by Gasteiger charge is 2.11. The van der Waals surface area contributed by atoms with Crippen LogP contribution in [0, 0.1) is 0 Å². The smallest absolute Gasteiger partial charge is 0.245 e. The quantitative estimate of drug-likeness (QED) is 0.767. The van der Waals surface area contributed by atoms with Crippen LogP contribution in [-0.2, 0) is 10.0 Å². The molecule has 4 nitrogen and oxygen atoms in total. The molecule has 0 saturated carbocycles. The second kappa shape index (κ2) is 2.76. The highest BCUT2D eigenvalue weighted by molar-refractivity contribution is 7.91. The third kappa shape index (κ3) is 1.55. The number of fused-ring (bicyclic) bond motifs is 1. The highest BCUT2D eigenvalue weighted by atomic mass is 32.2. The number of hydrogen-bond donors (Lipinski definition) is 1. The molecule has 0 radical (unpaired) electrons. The average molecular weight is 214 g/mol. The van der Waals surface area contributed by atoms with E-state index in [1.165, 1.54) is 6.07 Å². The highest BCUT2D eigenvalue weighted by Crippen LogP contribution is 2.25. The molecule has 0 fully saturated rings. The standard InChI is InChI=1S/C7H6N2O2S2/c8-13(10,11)6-4-5-2-1-3-9-7(5)12-6/h1-4H,(H2,8,10,11). The Labute approximate surface area is 79.1 Å². The van der Waals surface area contributed by atoms with Crippen molar-refractivity contribution < 1.29 is 8.42 Å². The van der Waals surface area contributed by atoms with E-state index in [1.54, 1.807) is 18.3 Å². The van der Waals surface area contributed by atoms with Gasteiger partial charge in [0.05, 0.1) is 0 Å². The van der Waals surface area contributed by atoms with Crippen LogP contribution in [0.15, 0.2) is 28.6 Å². The van der Waals surface area contributed by atoms with Crippen LogP contribution < -0.4 is 5.14 Å². The van der Waals surface area contributed by atoms with E-state index in [-0.39, 0.29) is 4.21 Å². The van der Waals surface area contributed by atoms with Crippen LogP contribution in [0.1, 0.15) is 0 Å². The van der Waals surface area contributed by atoms with E-state index < -0.39 is 10.0 Å². The molecule has 0 bridgehead atoms. The van der Waals surface area contributed by atoms with Gasteiger partial charge in [0.15, 0.2) is 0 Å². The maximum Gasteiger partial charge on any atom is 0.247 e. The predicted molar refractivity (Wildman–Crippen MR) is 51.0 cm³/mol. The summed E-state index contributed by atoms with van der Waals surface area (Å²) < 4.78 is 22.1. The molecular weight excluding hydrogens is 208 g/mol. The van der Waals surface area contributed by atoms with Crippen LogP contribution in [0.3, 0.4) is 0 Å². The predicted octanol–water partition coefficient (Wildman–Crippen LogP) is 0.944. The number of pyridine rings is 1. The summed E-state index contributed by atoms with van der Waals surface area (Å²) in [5, 5.41) is 5.78. The molecule has 2 heterocycles. The molecule has 0 aliphatic carbocycles. The Bertz CT molecular complexity index is 511. The largest absolute Gasteiger partial charge is 0.247 e. The van der Waals surface area contributed by atoms with Gasteiger partial charge in [0.1, 0.15) is 9.04 Å². The third-order valence-electron chi connectivity index (χ3n) is 1.55. The molecule has 0 aliphatic heterocycles. The summed E-state index contributed by atoms with van der Waals surface area (Å²) in [5.41, 5.74) is 0. The minimum absolute atomic E-state index is 0.154. The molecule has 0 aliphatic rings. The van der Waals surface area contributed by atoms with E-state index in [2.05, 4.69) is 4.98 Å². The van der Waals surface area contributed by atoms with Crippen molar-refractivity contribution in [1.29, 1.82) is 0 Å². The van der Waals surface area contributed by atoms with E-state index in [9.17, 15) is 8.42 Å². The molecule has 2 rings (SSSR count). The number of sulfonamides is 1. The van der Waals surface area contributed by atoms with Gasteiger partial charge >= 0.3 is 0 Å². The van der Waals surface area contributed by atoms with Crippen molar-refractivity contribution >= 4 is 31.6 Å². The first kappa shape index (κ1) is 8.61. The van der Waals surface area contributed by atoms with Crippen LogP contribution >= 0.6 is 11.3 Å². The van der Waals surface area contributed by atoms with Crippen LogP contribution in [0.4, 0.5) is 0 Å². The number of nitrogens with zero attached hydrogens (tertiary/aromatic N) is 1. The monoisotopic (exact) mass is 214 g/mol. The lowest BCUT2D eigenvalue weighted by Gasteiger charge is -1.86. The summed E-state index contributed by atoms with van der Waals surface area (Å²) >= 11 is 1.08. The molecule has 2 N–H and O–H groups in total. The maximum absolute atomic E-state index is 11.0. The van der Waals surface area contributed by atoms with Crippen molar-refractivity contribution in [3.05, 3.63) is 24.4 Å². The van der Waals surface area contributed by atoms with Gasteiger partial charge in [-0.1, -0.05) is 6.07 Å². The van der Waals surface area contributed by atoms with Crippen molar-refractivity contribution in [1.82, 2.24) is 4.98 Å². The summed E-state index contributed by atoms with van der Waals surface area (Å²) in [7, 11) is -3.59. The van der Waals surface area contributed by atoms with Gasteiger partial charge in [0.25, 0.3) is 0 Å². The van der Waals surface area contributed by atoms with Crippen molar-refractivity contribution in [2.24, 2.45) is 5.14 Å². The van der Waals surface area contributed by atoms with Gasteiger partial charge < -0.3 is 0 Å². The van der Waals surface area contributed by atoms with Gasteiger partial charge in [0.2, 0.25) is 10.0 Å². The van der Waals surface area contributed by atoms with Gasteiger partial charge in [-0.25, -0.2) is 18.5 Å². The van der Waals surface area contributed by atoms with Crippen LogP contribution in [0.2, 0.25) is 0 Å². The summed E-state index contributed by atoms with van der Waals surface area (Å²) in [6, 6.07) is 5.08. The Kier molecular flexibility index (Phi) is 1.83. The van der Waals surface area contributed by atoms with Crippen LogP contribution in [0.5, 0.6) is 0 Å². The van der Waals surface area contributed by atoms with Crippen LogP contribution in [0.25, 0.3) is 10.2 Å². The lowest BCUT2D eigenvalue weighted by atomic mass is 10.4. The molecule has 0 spiro atoms. The van der Waals surface area contributed by atoms with E-state index in [0.29, 0.717) is 4.83 Å². The first-order chi connectivity index (χ1) is 6.07. The Morgan fingerprint density at radius 2 is 2.23 bits per heavy atom. The lowest BCUT2D eigenvalue weighted by Crippen LogP contribution is -2.09. The second-order valence-corrected chi connectivity index (χ2v) is 5.33. The summed E-state index contributed by atoms with van der Waals surface area (Å²) in [4.78, 5) is 4.70. The summed E-state index contributed by atoms with van der Waals surface area (Å²) in [5.74, 6) is 0. The summed E-state index contributed by atoms with van der Waals surface area (Å²) in [6.45, 7) is 0. The van der Waals surface area contributed by atoms with E-state index in [1.807, 2.05) is 0 Å². The van der Waals surface area contributed by atoms with E-state index in [0.717, 1.165) is 16.7 Å². The molecular formula is C7H6N2O2S2. The van der Waals surface area contributed by atoms with Crippen molar-refractivity contribution in [3.8, 4) is 0 Å². The fourth-order valence-electron chi connectivity index (χ4n) is 0.990. The first-order valence-electron chi connectivity index (χ1n) is 3.45. The normalized spacial score (nSPS) is 12.1. The Morgan fingerprint density at radius 3 is 2.85 bits per heavy atom. The summed E-state index contributed by atoms with van der Waals surface area (Å²) in [6.07, 6.45) is 1.62. The maximum atomic E-state index is 11.0. The molecule has 2 aromatic heterocycles. The van der Waals surface area contributed by atoms with Crippen molar-refractivity contribution in [3.63, 3.8) is 0 Å². The first-order valence-corrected chi connectivity index (χ1v) is 5.81. The molecule has 0 amide bonds. The average Bonchev–Trinajstić information content (AvgIpc) is 2.45. The number of hydrogen-bond acceptors (Lipinski definition) is 4. The SMILES string of the molecule is NS(=O)(=O)c1cc2cccnc2s1. The number of rotatable bonds is 1. The zero-order valence-corrected chi connectivity index (χ0v) is 8.10. The van der Waals surface area contributed by atoms with E-state index in [4.69, 9.17) is 5.14 Å². The molecule has 0 atom stereocenters. The zero-order chi connectivity index (χ0) is 9.47. The second-order valence-electron chi connectivity index (χ2n) is 2.51. The number of aromatic nitrogens is 1. The molecule has 6 heteroatoms. The molecule has 0 unspecified atom stereocenters. The fourth-order valence-corrected chi connectivity index (χ4v) is 2.72. The Hall–Kier alpha value is -0.980. The topological polar surface area (TPSA) is 73.1 Å². The zero-order valence-electron chi connectivity index (χ0n) is 6.47. The molecule has 68 valence electrons.